The van der Waals surface area contributed by atoms with Crippen molar-refractivity contribution in [1.29, 1.82) is 0 Å². The van der Waals surface area contributed by atoms with Gasteiger partial charge in [0.05, 0.1) is 0 Å². The summed E-state index contributed by atoms with van der Waals surface area (Å²) in [4.78, 5) is 0. The highest BCUT2D eigenvalue weighted by Crippen LogP contribution is 2.34. The van der Waals surface area contributed by atoms with Crippen LogP contribution in [0.25, 0.3) is 11.1 Å². The molecule has 0 unspecified atom stereocenters. The van der Waals surface area contributed by atoms with Gasteiger partial charge in [-0.05, 0) is 35.1 Å². The minimum atomic E-state index is -1.50. The fourth-order valence-electron chi connectivity index (χ4n) is 3.19. The largest absolute Gasteiger partial charge is 0.129 e. The van der Waals surface area contributed by atoms with Crippen LogP contribution in [0.4, 0.5) is 0 Å². The van der Waals surface area contributed by atoms with Crippen molar-refractivity contribution >= 4 is 27.3 Å². The molecule has 0 atom stereocenters. The first-order valence-electron chi connectivity index (χ1n) is 10.1. The lowest BCUT2D eigenvalue weighted by Crippen LogP contribution is -2.17. The first kappa shape index (κ1) is 20.5. The van der Waals surface area contributed by atoms with Gasteiger partial charge in [-0.15, -0.1) is 11.1 Å². The molecule has 2 aliphatic rings. The van der Waals surface area contributed by atoms with E-state index in [0.29, 0.717) is 0 Å². The van der Waals surface area contributed by atoms with Gasteiger partial charge in [-0.1, -0.05) is 99.7 Å². The van der Waals surface area contributed by atoms with E-state index in [9.17, 15) is 0 Å². The van der Waals surface area contributed by atoms with Crippen molar-refractivity contribution in [3.05, 3.63) is 70.8 Å². The van der Waals surface area contributed by atoms with E-state index in [1.165, 1.54) is 22.3 Å². The van der Waals surface area contributed by atoms with Crippen LogP contribution in [0.15, 0.2) is 48.6 Å². The van der Waals surface area contributed by atoms with E-state index in [4.69, 9.17) is 0 Å². The lowest BCUT2D eigenvalue weighted by molar-refractivity contribution is 1.37. The van der Waals surface area contributed by atoms with Crippen LogP contribution in [0.3, 0.4) is 0 Å². The molecule has 2 heteroatoms. The zero-order valence-corrected chi connectivity index (χ0v) is 20.0. The summed E-state index contributed by atoms with van der Waals surface area (Å²) in [5, 5.41) is 0. The average Bonchev–Trinajstić information content (AvgIpc) is 3.29. The molecule has 0 bridgehead atoms. The molecule has 0 heterocycles. The van der Waals surface area contributed by atoms with Crippen molar-refractivity contribution < 1.29 is 0 Å². The van der Waals surface area contributed by atoms with Crippen molar-refractivity contribution in [3.8, 4) is 22.9 Å². The number of hydrogen-bond acceptors (Lipinski definition) is 0. The quantitative estimate of drug-likeness (QED) is 0.378. The third kappa shape index (κ3) is 5.16. The van der Waals surface area contributed by atoms with Crippen molar-refractivity contribution in [2.24, 2.45) is 0 Å². The average molecular weight is 399 g/mol. The summed E-state index contributed by atoms with van der Waals surface area (Å²) >= 11 is 0. The van der Waals surface area contributed by atoms with Crippen LogP contribution in [-0.4, -0.2) is 16.1 Å². The summed E-state index contributed by atoms with van der Waals surface area (Å²) in [7, 11) is -2.99. The van der Waals surface area contributed by atoms with Gasteiger partial charge in [0.15, 0.2) is 0 Å². The van der Waals surface area contributed by atoms with Gasteiger partial charge in [-0.3, -0.25) is 0 Å². The van der Waals surface area contributed by atoms with E-state index in [1.54, 1.807) is 0 Å². The Morgan fingerprint density at radius 1 is 0.643 bits per heavy atom. The van der Waals surface area contributed by atoms with E-state index >= 15 is 0 Å². The number of benzene rings is 1. The highest BCUT2D eigenvalue weighted by molar-refractivity contribution is 6.84. The van der Waals surface area contributed by atoms with Crippen LogP contribution in [-0.2, 0) is 0 Å². The Bertz CT molecular complexity index is 940. The van der Waals surface area contributed by atoms with Crippen molar-refractivity contribution in [2.45, 2.75) is 52.1 Å². The maximum absolute atomic E-state index is 3.61. The van der Waals surface area contributed by atoms with Gasteiger partial charge in [-0.25, -0.2) is 0 Å². The lowest BCUT2D eigenvalue weighted by Gasteiger charge is -2.15. The zero-order chi connectivity index (χ0) is 20.4. The van der Waals surface area contributed by atoms with E-state index in [-0.39, 0.29) is 0 Å². The van der Waals surface area contributed by atoms with Crippen LogP contribution in [0.1, 0.15) is 35.1 Å². The molecule has 0 nitrogen and oxygen atoms in total. The van der Waals surface area contributed by atoms with E-state index in [0.717, 1.165) is 24.0 Å². The second-order valence-corrected chi connectivity index (χ2v) is 19.1. The summed E-state index contributed by atoms with van der Waals surface area (Å²) in [5.41, 5.74) is 14.7. The second-order valence-electron chi connectivity index (χ2n) is 9.56. The molecule has 0 fully saturated rings. The summed E-state index contributed by atoms with van der Waals surface area (Å²) in [6.45, 7) is 13.8. The van der Waals surface area contributed by atoms with Crippen LogP contribution in [0, 0.1) is 22.9 Å². The maximum Gasteiger partial charge on any atom is 0.129 e. The van der Waals surface area contributed by atoms with Gasteiger partial charge < -0.3 is 0 Å². The normalized spacial score (nSPS) is 15.5. The molecule has 1 aromatic carbocycles. The Morgan fingerprint density at radius 3 is 1.32 bits per heavy atom. The Kier molecular flexibility index (Phi) is 5.85. The number of rotatable bonds is 2. The molecule has 0 aromatic heterocycles. The molecule has 0 amide bonds. The highest BCUT2D eigenvalue weighted by atomic mass is 28.3. The molecule has 3 rings (SSSR count). The summed E-state index contributed by atoms with van der Waals surface area (Å²) in [6.07, 6.45) is 15.1. The van der Waals surface area contributed by atoms with Crippen molar-refractivity contribution in [2.75, 3.05) is 0 Å². The fourth-order valence-corrected chi connectivity index (χ4v) is 4.19. The van der Waals surface area contributed by atoms with Crippen molar-refractivity contribution in [1.82, 2.24) is 0 Å². The Hall–Kier alpha value is -2.27. The van der Waals surface area contributed by atoms with Gasteiger partial charge in [0.1, 0.15) is 16.1 Å². The standard InChI is InChI=1S/C26H30Si2/c1-27(2,3)19-17-25-23(21-11-7-8-12-21)15-16-24(22-13-9-10-14-22)26(25)18-20-28(4,5)6/h7-11,13,15-16H,12,14H2,1-6H3. The molecule has 0 radical (unpaired) electrons. The Balaban J connectivity index is 2.28. The van der Waals surface area contributed by atoms with Crippen LogP contribution in [0.2, 0.25) is 39.3 Å². The molecular weight excluding hydrogens is 368 g/mol. The third-order valence-electron chi connectivity index (χ3n) is 4.56. The summed E-state index contributed by atoms with van der Waals surface area (Å²) < 4.78 is 0. The van der Waals surface area contributed by atoms with Gasteiger partial charge >= 0.3 is 0 Å². The first-order valence-corrected chi connectivity index (χ1v) is 17.1. The first-order chi connectivity index (χ1) is 13.1. The van der Waals surface area contributed by atoms with E-state index < -0.39 is 16.1 Å². The molecule has 142 valence electrons. The maximum atomic E-state index is 3.61. The van der Waals surface area contributed by atoms with Crippen LogP contribution in [0.5, 0.6) is 0 Å². The minimum Gasteiger partial charge on any atom is -0.127 e. The number of hydrogen-bond donors (Lipinski definition) is 0. The van der Waals surface area contributed by atoms with Gasteiger partial charge in [0.25, 0.3) is 0 Å². The van der Waals surface area contributed by atoms with Gasteiger partial charge in [0.2, 0.25) is 0 Å². The summed E-state index contributed by atoms with van der Waals surface area (Å²) in [6, 6.07) is 4.53. The van der Waals surface area contributed by atoms with E-state index in [1.807, 2.05) is 0 Å². The van der Waals surface area contributed by atoms with E-state index in [2.05, 4.69) is 111 Å². The molecule has 0 N–H and O–H groups in total. The smallest absolute Gasteiger partial charge is 0.127 e. The van der Waals surface area contributed by atoms with Crippen molar-refractivity contribution in [3.63, 3.8) is 0 Å². The second kappa shape index (κ2) is 8.00. The summed E-state index contributed by atoms with van der Waals surface area (Å²) in [5.74, 6) is 7.21. The highest BCUT2D eigenvalue weighted by Gasteiger charge is 2.18. The Morgan fingerprint density at radius 2 is 1.04 bits per heavy atom. The third-order valence-corrected chi connectivity index (χ3v) is 6.31. The SMILES string of the molecule is C[Si](C)(C)C#Cc1c(C2=CC=CC2)ccc(C2=CC=CC2)c1C#C[Si](C)(C)C. The predicted molar refractivity (Wildman–Crippen MR) is 130 cm³/mol. The van der Waals surface area contributed by atoms with Gasteiger partial charge in [0, 0.05) is 11.1 Å². The lowest BCUT2D eigenvalue weighted by atomic mass is 9.89. The monoisotopic (exact) mass is 398 g/mol. The molecule has 0 aliphatic heterocycles. The predicted octanol–water partition coefficient (Wildman–Crippen LogP) is 6.83. The molecule has 0 saturated carbocycles. The Labute approximate surface area is 173 Å². The zero-order valence-electron chi connectivity index (χ0n) is 18.0. The molecule has 0 saturated heterocycles. The topological polar surface area (TPSA) is 0 Å². The van der Waals surface area contributed by atoms with Gasteiger partial charge in [-0.2, -0.15) is 0 Å². The molecule has 28 heavy (non-hydrogen) atoms. The number of allylic oxidation sites excluding steroid dienone is 8. The molecule has 1 aromatic rings. The van der Waals surface area contributed by atoms with Crippen LogP contribution < -0.4 is 0 Å². The van der Waals surface area contributed by atoms with Crippen LogP contribution >= 0.6 is 0 Å². The molecule has 2 aliphatic carbocycles. The molecule has 0 spiro atoms. The fraction of sp³-hybridized carbons (Fsp3) is 0.308. The minimum absolute atomic E-state index is 0.978. The molecular formula is C26H30Si2.